The highest BCUT2D eigenvalue weighted by Gasteiger charge is 2.17. The van der Waals surface area contributed by atoms with Crippen molar-refractivity contribution < 1.29 is 19.0 Å². The number of carboxylic acids is 1. The Morgan fingerprint density at radius 2 is 2.03 bits per heavy atom. The van der Waals surface area contributed by atoms with E-state index in [0.717, 1.165) is 26.7 Å². The van der Waals surface area contributed by atoms with Gasteiger partial charge in [-0.3, -0.25) is 15.6 Å². The lowest BCUT2D eigenvalue weighted by molar-refractivity contribution is -0.135. The number of carbonyl (C=O) groups is 1. The molecule has 3 N–H and O–H groups in total. The zero-order valence-electron chi connectivity index (χ0n) is 17.1. The molecule has 2 aromatic heterocycles. The lowest BCUT2D eigenvalue weighted by atomic mass is 10.1. The van der Waals surface area contributed by atoms with Crippen LogP contribution in [0.1, 0.15) is 23.2 Å². The van der Waals surface area contributed by atoms with Gasteiger partial charge in [0, 0.05) is 15.3 Å². The molecule has 0 aliphatic heterocycles. The summed E-state index contributed by atoms with van der Waals surface area (Å²) in [5, 5.41) is 24.4. The van der Waals surface area contributed by atoms with E-state index in [2.05, 4.69) is 11.6 Å². The molecule has 3 aromatic rings. The molecule has 0 amide bonds. The Bertz CT molecular complexity index is 1270. The summed E-state index contributed by atoms with van der Waals surface area (Å²) in [6.45, 7) is 5.67. The molecule has 0 aliphatic rings. The highest BCUT2D eigenvalue weighted by atomic mass is 32.1. The van der Waals surface area contributed by atoms with Gasteiger partial charge in [-0.2, -0.15) is 0 Å². The third kappa shape index (κ3) is 5.43. The number of hydrogen-bond donors (Lipinski definition) is 3. The summed E-state index contributed by atoms with van der Waals surface area (Å²) in [5.74, 6) is -2.45. The first kappa shape index (κ1) is 23.2. The van der Waals surface area contributed by atoms with Crippen LogP contribution in [-0.2, 0) is 16.0 Å². The Labute approximate surface area is 192 Å². The second kappa shape index (κ2) is 10.3. The van der Waals surface area contributed by atoms with Gasteiger partial charge in [-0.15, -0.1) is 22.7 Å². The fourth-order valence-corrected chi connectivity index (χ4v) is 4.96. The predicted molar refractivity (Wildman–Crippen MR) is 128 cm³/mol. The number of ether oxygens (including phenoxy) is 1. The van der Waals surface area contributed by atoms with Crippen LogP contribution in [0.15, 0.2) is 55.1 Å². The lowest BCUT2D eigenvalue weighted by Gasteiger charge is -2.04. The number of benzene rings is 1. The SMILES string of the molecule is C=C/C=C(\C=C/C)c1ccc(-c2ccc3nc(CC(=N)OC(=N)CC(=O)O)sc3c2F)s1. The van der Waals surface area contributed by atoms with Gasteiger partial charge in [0.25, 0.3) is 0 Å². The van der Waals surface area contributed by atoms with Gasteiger partial charge in [0.05, 0.1) is 16.6 Å². The standard InChI is InChI=1S/C23H20FN3O3S2/c1-3-5-13(6-4-2)16-9-10-17(31-16)14-7-8-15-23(22(14)24)32-20(27-15)11-18(25)30-19(26)12-21(28)29/h3-10,25-26H,1,11-12H2,2H3,(H,28,29)/b6-4-,13-5+,25-18?,26-19?. The number of allylic oxidation sites excluding steroid dienone is 5. The number of thiophene rings is 1. The minimum Gasteiger partial charge on any atom is -0.481 e. The first-order valence-corrected chi connectivity index (χ1v) is 11.1. The summed E-state index contributed by atoms with van der Waals surface area (Å²) in [4.78, 5) is 16.7. The molecule has 0 saturated carbocycles. The van der Waals surface area contributed by atoms with Crippen molar-refractivity contribution in [3.05, 3.63) is 70.9 Å². The topological polar surface area (TPSA) is 107 Å². The Balaban J connectivity index is 1.85. The van der Waals surface area contributed by atoms with Crippen LogP contribution < -0.4 is 0 Å². The van der Waals surface area contributed by atoms with Crippen LogP contribution in [0.2, 0.25) is 0 Å². The average Bonchev–Trinajstić information content (AvgIpc) is 3.34. The number of fused-ring (bicyclic) bond motifs is 1. The van der Waals surface area contributed by atoms with Crippen LogP contribution in [0.4, 0.5) is 4.39 Å². The zero-order valence-corrected chi connectivity index (χ0v) is 18.8. The van der Waals surface area contributed by atoms with Crippen LogP contribution in [0, 0.1) is 16.6 Å². The van der Waals surface area contributed by atoms with Gasteiger partial charge < -0.3 is 9.84 Å². The third-order valence-corrected chi connectivity index (χ3v) is 6.44. The first-order valence-electron chi connectivity index (χ1n) is 9.50. The van der Waals surface area contributed by atoms with E-state index in [1.165, 1.54) is 11.3 Å². The molecule has 32 heavy (non-hydrogen) atoms. The van der Waals surface area contributed by atoms with Crippen LogP contribution in [0.3, 0.4) is 0 Å². The average molecular weight is 470 g/mol. The predicted octanol–water partition coefficient (Wildman–Crippen LogP) is 6.30. The summed E-state index contributed by atoms with van der Waals surface area (Å²) in [6.07, 6.45) is 6.85. The van der Waals surface area contributed by atoms with Crippen LogP contribution in [0.25, 0.3) is 26.2 Å². The van der Waals surface area contributed by atoms with E-state index in [1.54, 1.807) is 18.2 Å². The summed E-state index contributed by atoms with van der Waals surface area (Å²) in [7, 11) is 0. The molecule has 0 spiro atoms. The number of halogens is 1. The van der Waals surface area contributed by atoms with E-state index in [9.17, 15) is 4.79 Å². The first-order chi connectivity index (χ1) is 15.3. The molecule has 6 nitrogen and oxygen atoms in total. The molecule has 1 aromatic carbocycles. The summed E-state index contributed by atoms with van der Waals surface area (Å²) in [6, 6.07) is 7.25. The van der Waals surface area contributed by atoms with Crippen molar-refractivity contribution in [3.8, 4) is 10.4 Å². The molecule has 0 aliphatic carbocycles. The number of carboxylic acid groups (broad SMARTS) is 1. The summed E-state index contributed by atoms with van der Waals surface area (Å²) in [5.41, 5.74) is 1.93. The highest BCUT2D eigenvalue weighted by Crippen LogP contribution is 2.37. The number of nitrogens with zero attached hydrogens (tertiary/aromatic N) is 1. The molecular weight excluding hydrogens is 449 g/mol. The molecule has 0 bridgehead atoms. The Hall–Kier alpha value is -3.43. The van der Waals surface area contributed by atoms with Crippen molar-refractivity contribution in [1.29, 1.82) is 10.8 Å². The van der Waals surface area contributed by atoms with Gasteiger partial charge in [-0.05, 0) is 36.8 Å². The van der Waals surface area contributed by atoms with Crippen molar-refractivity contribution in [1.82, 2.24) is 4.98 Å². The number of nitrogens with one attached hydrogen (secondary N) is 2. The fraction of sp³-hybridized carbons (Fsp3) is 0.130. The normalized spacial score (nSPS) is 11.8. The minimum absolute atomic E-state index is 0.0572. The van der Waals surface area contributed by atoms with Gasteiger partial charge in [-0.25, -0.2) is 9.37 Å². The quantitative estimate of drug-likeness (QED) is 0.204. The second-order valence-electron chi connectivity index (χ2n) is 6.60. The van der Waals surface area contributed by atoms with Crippen molar-refractivity contribution in [2.45, 2.75) is 19.8 Å². The van der Waals surface area contributed by atoms with Gasteiger partial charge in [-0.1, -0.05) is 30.9 Å². The summed E-state index contributed by atoms with van der Waals surface area (Å²) >= 11 is 2.58. The van der Waals surface area contributed by atoms with Crippen molar-refractivity contribution in [2.24, 2.45) is 0 Å². The molecule has 164 valence electrons. The van der Waals surface area contributed by atoms with Gasteiger partial charge in [0.15, 0.2) is 17.6 Å². The lowest BCUT2D eigenvalue weighted by Crippen LogP contribution is -2.16. The van der Waals surface area contributed by atoms with Crippen LogP contribution >= 0.6 is 22.7 Å². The van der Waals surface area contributed by atoms with E-state index in [4.69, 9.17) is 20.7 Å². The molecule has 0 atom stereocenters. The van der Waals surface area contributed by atoms with E-state index >= 15 is 4.39 Å². The van der Waals surface area contributed by atoms with E-state index in [-0.39, 0.29) is 18.1 Å². The Kier molecular flexibility index (Phi) is 7.45. The number of thiazole rings is 1. The van der Waals surface area contributed by atoms with Crippen LogP contribution in [-0.4, -0.2) is 27.9 Å². The van der Waals surface area contributed by atoms with Gasteiger partial charge in [0.2, 0.25) is 0 Å². The maximum atomic E-state index is 15.3. The zero-order chi connectivity index (χ0) is 23.3. The molecule has 0 radical (unpaired) electrons. The second-order valence-corrected chi connectivity index (χ2v) is 8.77. The smallest absolute Gasteiger partial charge is 0.312 e. The molecule has 0 unspecified atom stereocenters. The molecule has 9 heteroatoms. The molecule has 0 fully saturated rings. The highest BCUT2D eigenvalue weighted by molar-refractivity contribution is 7.19. The van der Waals surface area contributed by atoms with Crippen molar-refractivity contribution in [2.75, 3.05) is 0 Å². The van der Waals surface area contributed by atoms with E-state index < -0.39 is 18.3 Å². The fourth-order valence-electron chi connectivity index (χ4n) is 2.93. The number of hydrogen-bond acceptors (Lipinski definition) is 7. The minimum atomic E-state index is -1.22. The van der Waals surface area contributed by atoms with E-state index in [0.29, 0.717) is 20.8 Å². The monoisotopic (exact) mass is 469 g/mol. The largest absolute Gasteiger partial charge is 0.481 e. The molecule has 2 heterocycles. The van der Waals surface area contributed by atoms with Crippen molar-refractivity contribution >= 4 is 56.2 Å². The third-order valence-electron chi connectivity index (χ3n) is 4.21. The van der Waals surface area contributed by atoms with Gasteiger partial charge >= 0.3 is 5.97 Å². The number of aliphatic carboxylic acids is 1. The van der Waals surface area contributed by atoms with E-state index in [1.807, 2.05) is 37.3 Å². The number of rotatable bonds is 8. The molecular formula is C23H20FN3O3S2. The number of aromatic nitrogens is 1. The maximum Gasteiger partial charge on any atom is 0.312 e. The molecule has 3 rings (SSSR count). The van der Waals surface area contributed by atoms with Crippen LogP contribution in [0.5, 0.6) is 0 Å². The summed E-state index contributed by atoms with van der Waals surface area (Å²) < 4.78 is 20.6. The maximum absolute atomic E-state index is 15.3. The molecule has 0 saturated heterocycles. The Morgan fingerprint density at radius 3 is 2.72 bits per heavy atom. The van der Waals surface area contributed by atoms with Crippen molar-refractivity contribution in [3.63, 3.8) is 0 Å². The Morgan fingerprint density at radius 1 is 1.25 bits per heavy atom. The van der Waals surface area contributed by atoms with Gasteiger partial charge in [0.1, 0.15) is 11.4 Å².